The topological polar surface area (TPSA) is 78.7 Å². The van der Waals surface area contributed by atoms with Gasteiger partial charge in [0.2, 0.25) is 10.0 Å². The SMILES string of the molecule is Cc1nn(C)cc1S(=O)(=O)N1C[C@@H](O)[C@H](N2CCCC2)C1. The van der Waals surface area contributed by atoms with Crippen LogP contribution in [0, 0.1) is 6.92 Å². The largest absolute Gasteiger partial charge is 0.390 e. The molecule has 1 N–H and O–H groups in total. The minimum Gasteiger partial charge on any atom is -0.390 e. The van der Waals surface area contributed by atoms with Gasteiger partial charge in [-0.05, 0) is 32.9 Å². The van der Waals surface area contributed by atoms with Crippen LogP contribution in [-0.4, -0.2) is 70.8 Å². The van der Waals surface area contributed by atoms with Crippen LogP contribution in [-0.2, 0) is 17.1 Å². The van der Waals surface area contributed by atoms with E-state index in [0.717, 1.165) is 25.9 Å². The molecular formula is C13H22N4O3S. The summed E-state index contributed by atoms with van der Waals surface area (Å²) >= 11 is 0. The molecule has 3 heterocycles. The molecule has 2 saturated heterocycles. The molecule has 2 aliphatic heterocycles. The van der Waals surface area contributed by atoms with Gasteiger partial charge in [0.25, 0.3) is 0 Å². The van der Waals surface area contributed by atoms with Gasteiger partial charge in [0.05, 0.1) is 17.8 Å². The summed E-state index contributed by atoms with van der Waals surface area (Å²) in [5.41, 5.74) is 0.497. The van der Waals surface area contributed by atoms with E-state index in [1.807, 2.05) is 0 Å². The molecule has 0 bridgehead atoms. The van der Waals surface area contributed by atoms with Crippen LogP contribution in [0.15, 0.2) is 11.1 Å². The molecule has 0 saturated carbocycles. The molecule has 0 amide bonds. The highest BCUT2D eigenvalue weighted by Crippen LogP contribution is 2.27. The van der Waals surface area contributed by atoms with E-state index in [1.54, 1.807) is 14.0 Å². The third-order valence-electron chi connectivity index (χ3n) is 4.42. The zero-order chi connectivity index (χ0) is 15.2. The second-order valence-corrected chi connectivity index (χ2v) is 7.86. The highest BCUT2D eigenvalue weighted by atomic mass is 32.2. The van der Waals surface area contributed by atoms with Crippen molar-refractivity contribution >= 4 is 10.0 Å². The second kappa shape index (κ2) is 5.35. The van der Waals surface area contributed by atoms with Crippen molar-refractivity contribution in [2.45, 2.75) is 36.8 Å². The smallest absolute Gasteiger partial charge is 0.246 e. The second-order valence-electron chi connectivity index (χ2n) is 5.95. The lowest BCUT2D eigenvalue weighted by atomic mass is 10.2. The molecule has 2 fully saturated rings. The molecule has 2 atom stereocenters. The van der Waals surface area contributed by atoms with Crippen LogP contribution >= 0.6 is 0 Å². The van der Waals surface area contributed by atoms with Gasteiger partial charge in [-0.3, -0.25) is 9.58 Å². The third-order valence-corrected chi connectivity index (χ3v) is 6.36. The molecule has 1 aromatic heterocycles. The van der Waals surface area contributed by atoms with E-state index in [2.05, 4.69) is 10.00 Å². The number of aliphatic hydroxyl groups excluding tert-OH is 1. The first kappa shape index (κ1) is 15.0. The Balaban J connectivity index is 1.82. The molecule has 7 nitrogen and oxygen atoms in total. The molecule has 0 aliphatic carbocycles. The van der Waals surface area contributed by atoms with Gasteiger partial charge >= 0.3 is 0 Å². The highest BCUT2D eigenvalue weighted by molar-refractivity contribution is 7.89. The maximum absolute atomic E-state index is 12.7. The Labute approximate surface area is 125 Å². The molecule has 118 valence electrons. The van der Waals surface area contributed by atoms with Gasteiger partial charge in [0.1, 0.15) is 4.90 Å². The zero-order valence-electron chi connectivity index (χ0n) is 12.4. The molecule has 3 rings (SSSR count). The van der Waals surface area contributed by atoms with Crippen molar-refractivity contribution in [3.05, 3.63) is 11.9 Å². The van der Waals surface area contributed by atoms with Crippen LogP contribution in [0.2, 0.25) is 0 Å². The summed E-state index contributed by atoms with van der Waals surface area (Å²) < 4.78 is 28.3. The molecular weight excluding hydrogens is 292 g/mol. The predicted octanol–water partition coefficient (Wildman–Crippen LogP) is -0.442. The average molecular weight is 314 g/mol. The van der Waals surface area contributed by atoms with Crippen LogP contribution in [0.4, 0.5) is 0 Å². The third kappa shape index (κ3) is 2.61. The van der Waals surface area contributed by atoms with Gasteiger partial charge in [-0.1, -0.05) is 0 Å². The first-order valence-corrected chi connectivity index (χ1v) is 8.76. The fourth-order valence-corrected chi connectivity index (χ4v) is 5.01. The number of β-amino-alcohol motifs (C(OH)–C–C–N with tert-alkyl or cyclic N) is 1. The van der Waals surface area contributed by atoms with Gasteiger partial charge in [-0.25, -0.2) is 8.42 Å². The molecule has 0 aromatic carbocycles. The fourth-order valence-electron chi connectivity index (χ4n) is 3.33. The van der Waals surface area contributed by atoms with Crippen LogP contribution in [0.1, 0.15) is 18.5 Å². The lowest BCUT2D eigenvalue weighted by molar-refractivity contribution is 0.0983. The Morgan fingerprint density at radius 2 is 1.95 bits per heavy atom. The van der Waals surface area contributed by atoms with Gasteiger partial charge in [0.15, 0.2) is 0 Å². The summed E-state index contributed by atoms with van der Waals surface area (Å²) in [6, 6.07) is -0.0840. The minimum absolute atomic E-state index is 0.0840. The number of sulfonamides is 1. The first-order valence-electron chi connectivity index (χ1n) is 7.32. The number of nitrogens with zero attached hydrogens (tertiary/aromatic N) is 4. The van der Waals surface area contributed by atoms with Gasteiger partial charge < -0.3 is 5.11 Å². The van der Waals surface area contributed by atoms with Crippen LogP contribution in [0.3, 0.4) is 0 Å². The molecule has 2 aliphatic rings. The Hall–Kier alpha value is -0.960. The van der Waals surface area contributed by atoms with Gasteiger partial charge in [0, 0.05) is 26.3 Å². The van der Waals surface area contributed by atoms with Crippen molar-refractivity contribution < 1.29 is 13.5 Å². The van der Waals surface area contributed by atoms with E-state index in [-0.39, 0.29) is 17.5 Å². The fraction of sp³-hybridized carbons (Fsp3) is 0.769. The summed E-state index contributed by atoms with van der Waals surface area (Å²) in [7, 11) is -1.87. The minimum atomic E-state index is -3.58. The Morgan fingerprint density at radius 3 is 2.52 bits per heavy atom. The van der Waals surface area contributed by atoms with Crippen LogP contribution < -0.4 is 0 Å². The van der Waals surface area contributed by atoms with E-state index in [1.165, 1.54) is 15.2 Å². The predicted molar refractivity (Wildman–Crippen MR) is 77.3 cm³/mol. The van der Waals surface area contributed by atoms with Crippen molar-refractivity contribution in [3.8, 4) is 0 Å². The molecule has 8 heteroatoms. The van der Waals surface area contributed by atoms with Crippen LogP contribution in [0.5, 0.6) is 0 Å². The van der Waals surface area contributed by atoms with Gasteiger partial charge in [-0.15, -0.1) is 0 Å². The van der Waals surface area contributed by atoms with Crippen molar-refractivity contribution in [2.75, 3.05) is 26.2 Å². The number of aliphatic hydroxyl groups is 1. The van der Waals surface area contributed by atoms with Crippen molar-refractivity contribution in [1.29, 1.82) is 0 Å². The number of likely N-dealkylation sites (tertiary alicyclic amines) is 1. The molecule has 0 spiro atoms. The lowest BCUT2D eigenvalue weighted by Crippen LogP contribution is -2.41. The number of aryl methyl sites for hydroxylation is 2. The number of rotatable bonds is 3. The summed E-state index contributed by atoms with van der Waals surface area (Å²) in [4.78, 5) is 2.44. The Bertz CT molecular complexity index is 621. The standard InChI is InChI=1S/C13H22N4O3S/c1-10-13(9-15(2)14-10)21(19,20)17-7-11(12(18)8-17)16-5-3-4-6-16/h9,11-12,18H,3-8H2,1-2H3/t11-,12-/m1/s1. The van der Waals surface area contributed by atoms with Crippen LogP contribution in [0.25, 0.3) is 0 Å². The van der Waals surface area contributed by atoms with E-state index in [9.17, 15) is 13.5 Å². The van der Waals surface area contributed by atoms with E-state index >= 15 is 0 Å². The van der Waals surface area contributed by atoms with Crippen molar-refractivity contribution in [1.82, 2.24) is 19.0 Å². The molecule has 0 unspecified atom stereocenters. The van der Waals surface area contributed by atoms with Crippen molar-refractivity contribution in [3.63, 3.8) is 0 Å². The zero-order valence-corrected chi connectivity index (χ0v) is 13.3. The summed E-state index contributed by atoms with van der Waals surface area (Å²) in [5, 5.41) is 14.3. The normalized spacial score (nSPS) is 28.5. The summed E-state index contributed by atoms with van der Waals surface area (Å²) in [6.07, 6.45) is 3.16. The first-order chi connectivity index (χ1) is 9.89. The quantitative estimate of drug-likeness (QED) is 0.818. The van der Waals surface area contributed by atoms with E-state index in [0.29, 0.717) is 12.2 Å². The average Bonchev–Trinajstić information content (AvgIpc) is 3.09. The summed E-state index contributed by atoms with van der Waals surface area (Å²) in [5.74, 6) is 0. The molecule has 1 aromatic rings. The van der Waals surface area contributed by atoms with E-state index in [4.69, 9.17) is 0 Å². The molecule has 21 heavy (non-hydrogen) atoms. The Kier molecular flexibility index (Phi) is 3.81. The van der Waals surface area contributed by atoms with Crippen molar-refractivity contribution in [2.24, 2.45) is 7.05 Å². The maximum atomic E-state index is 12.7. The highest BCUT2D eigenvalue weighted by Gasteiger charge is 2.42. The van der Waals surface area contributed by atoms with Gasteiger partial charge in [-0.2, -0.15) is 9.40 Å². The number of hydrogen-bond acceptors (Lipinski definition) is 5. The monoisotopic (exact) mass is 314 g/mol. The summed E-state index contributed by atoms with van der Waals surface area (Å²) in [6.45, 7) is 4.11. The lowest BCUT2D eigenvalue weighted by Gasteiger charge is -2.25. The number of hydrogen-bond donors (Lipinski definition) is 1. The Morgan fingerprint density at radius 1 is 1.29 bits per heavy atom. The van der Waals surface area contributed by atoms with E-state index < -0.39 is 16.1 Å². The molecule has 0 radical (unpaired) electrons. The number of aromatic nitrogens is 2. The maximum Gasteiger partial charge on any atom is 0.246 e.